The minimum atomic E-state index is 0.325. The zero-order valence-electron chi connectivity index (χ0n) is 10.0. The molecular weight excluding hydrogens is 254 g/mol. The molecule has 2 aliphatic rings. The SMILES string of the molecule is CNC1c2c(Cl)cc3c(c2CSC1C)OCC3. The molecule has 4 heteroatoms. The van der Waals surface area contributed by atoms with E-state index in [2.05, 4.69) is 18.3 Å². The van der Waals surface area contributed by atoms with Crippen LogP contribution in [0.5, 0.6) is 5.75 Å². The Bertz CT molecular complexity index is 463. The van der Waals surface area contributed by atoms with Crippen LogP contribution in [0.1, 0.15) is 29.7 Å². The number of hydrogen-bond donors (Lipinski definition) is 1. The van der Waals surface area contributed by atoms with Crippen LogP contribution in [0.2, 0.25) is 5.02 Å². The molecule has 1 aromatic rings. The van der Waals surface area contributed by atoms with Gasteiger partial charge in [0.05, 0.1) is 6.61 Å². The highest BCUT2D eigenvalue weighted by Gasteiger charge is 2.32. The summed E-state index contributed by atoms with van der Waals surface area (Å²) in [7, 11) is 2.00. The molecule has 17 heavy (non-hydrogen) atoms. The number of hydrogen-bond acceptors (Lipinski definition) is 3. The predicted molar refractivity (Wildman–Crippen MR) is 73.2 cm³/mol. The molecule has 0 saturated heterocycles. The van der Waals surface area contributed by atoms with Crippen LogP contribution in [0.4, 0.5) is 0 Å². The number of rotatable bonds is 1. The summed E-state index contributed by atoms with van der Waals surface area (Å²) in [5.41, 5.74) is 3.84. The van der Waals surface area contributed by atoms with E-state index in [0.29, 0.717) is 11.3 Å². The van der Waals surface area contributed by atoms with Crippen LogP contribution >= 0.6 is 23.4 Å². The van der Waals surface area contributed by atoms with Crippen LogP contribution in [0.15, 0.2) is 6.07 Å². The van der Waals surface area contributed by atoms with Crippen molar-refractivity contribution in [3.05, 3.63) is 27.8 Å². The fraction of sp³-hybridized carbons (Fsp3) is 0.538. The van der Waals surface area contributed by atoms with Crippen molar-refractivity contribution in [2.75, 3.05) is 13.7 Å². The molecule has 0 saturated carbocycles. The molecule has 2 unspecified atom stereocenters. The molecule has 0 aromatic heterocycles. The third-order valence-corrected chi connectivity index (χ3v) is 5.21. The van der Waals surface area contributed by atoms with Crippen LogP contribution < -0.4 is 10.1 Å². The lowest BCUT2D eigenvalue weighted by atomic mass is 9.95. The quantitative estimate of drug-likeness (QED) is 0.846. The van der Waals surface area contributed by atoms with Crippen molar-refractivity contribution < 1.29 is 4.74 Å². The molecule has 0 spiro atoms. The van der Waals surface area contributed by atoms with Gasteiger partial charge in [0.15, 0.2) is 0 Å². The smallest absolute Gasteiger partial charge is 0.127 e. The second-order valence-electron chi connectivity index (χ2n) is 4.62. The Kier molecular flexibility index (Phi) is 3.01. The lowest BCUT2D eigenvalue weighted by molar-refractivity contribution is 0.353. The van der Waals surface area contributed by atoms with Crippen molar-refractivity contribution in [1.82, 2.24) is 5.32 Å². The van der Waals surface area contributed by atoms with Crippen molar-refractivity contribution in [3.63, 3.8) is 0 Å². The van der Waals surface area contributed by atoms with Gasteiger partial charge in [-0.25, -0.2) is 0 Å². The summed E-state index contributed by atoms with van der Waals surface area (Å²) in [5, 5.41) is 4.83. The highest BCUT2D eigenvalue weighted by molar-refractivity contribution is 7.99. The van der Waals surface area contributed by atoms with Crippen molar-refractivity contribution >= 4 is 23.4 Å². The van der Waals surface area contributed by atoms with Crippen LogP contribution in [-0.4, -0.2) is 18.9 Å². The van der Waals surface area contributed by atoms with Gasteiger partial charge in [-0.1, -0.05) is 18.5 Å². The Labute approximate surface area is 111 Å². The summed E-state index contributed by atoms with van der Waals surface area (Å²) in [6.45, 7) is 3.05. The first-order valence-electron chi connectivity index (χ1n) is 5.98. The van der Waals surface area contributed by atoms with Gasteiger partial charge in [-0.3, -0.25) is 0 Å². The van der Waals surface area contributed by atoms with Gasteiger partial charge in [0.25, 0.3) is 0 Å². The molecule has 0 radical (unpaired) electrons. The minimum absolute atomic E-state index is 0.325. The summed E-state index contributed by atoms with van der Waals surface area (Å²) < 4.78 is 5.78. The van der Waals surface area contributed by atoms with Crippen LogP contribution in [0.25, 0.3) is 0 Å². The van der Waals surface area contributed by atoms with E-state index in [4.69, 9.17) is 16.3 Å². The number of thioether (sulfide) groups is 1. The monoisotopic (exact) mass is 269 g/mol. The Balaban J connectivity index is 2.18. The molecule has 3 rings (SSSR count). The fourth-order valence-corrected chi connectivity index (χ4v) is 4.33. The molecule has 1 N–H and O–H groups in total. The van der Waals surface area contributed by atoms with E-state index in [1.807, 2.05) is 18.8 Å². The first kappa shape index (κ1) is 11.7. The molecule has 0 amide bonds. The van der Waals surface area contributed by atoms with Gasteiger partial charge in [0, 0.05) is 34.1 Å². The van der Waals surface area contributed by atoms with Gasteiger partial charge >= 0.3 is 0 Å². The van der Waals surface area contributed by atoms with E-state index in [9.17, 15) is 0 Å². The van der Waals surface area contributed by atoms with Gasteiger partial charge in [-0.2, -0.15) is 11.8 Å². The second-order valence-corrected chi connectivity index (χ2v) is 6.39. The fourth-order valence-electron chi connectivity index (χ4n) is 2.79. The largest absolute Gasteiger partial charge is 0.493 e. The summed E-state index contributed by atoms with van der Waals surface area (Å²) in [5.74, 6) is 2.11. The number of ether oxygens (including phenoxy) is 1. The van der Waals surface area contributed by atoms with Crippen LogP contribution in [0.3, 0.4) is 0 Å². The van der Waals surface area contributed by atoms with Crippen LogP contribution in [0, 0.1) is 0 Å². The summed E-state index contributed by atoms with van der Waals surface area (Å²) >= 11 is 8.43. The van der Waals surface area contributed by atoms with Gasteiger partial charge in [0.1, 0.15) is 5.75 Å². The average Bonchev–Trinajstić information content (AvgIpc) is 2.77. The summed E-state index contributed by atoms with van der Waals surface area (Å²) in [4.78, 5) is 0. The molecule has 0 aliphatic carbocycles. The number of nitrogens with one attached hydrogen (secondary N) is 1. The maximum atomic E-state index is 6.46. The Morgan fingerprint density at radius 1 is 1.53 bits per heavy atom. The number of benzene rings is 1. The molecule has 1 aromatic carbocycles. The highest BCUT2D eigenvalue weighted by atomic mass is 35.5. The van der Waals surface area contributed by atoms with E-state index in [1.54, 1.807) is 0 Å². The lowest BCUT2D eigenvalue weighted by Gasteiger charge is -2.32. The summed E-state index contributed by atoms with van der Waals surface area (Å²) in [6.07, 6.45) is 0.993. The highest BCUT2D eigenvalue weighted by Crippen LogP contribution is 2.47. The molecule has 92 valence electrons. The molecule has 2 nitrogen and oxygen atoms in total. The second kappa shape index (κ2) is 4.38. The lowest BCUT2D eigenvalue weighted by Crippen LogP contribution is -2.29. The first-order valence-corrected chi connectivity index (χ1v) is 7.41. The number of halogens is 1. The van der Waals surface area contributed by atoms with E-state index in [-0.39, 0.29) is 0 Å². The Morgan fingerprint density at radius 2 is 2.35 bits per heavy atom. The minimum Gasteiger partial charge on any atom is -0.493 e. The Morgan fingerprint density at radius 3 is 3.12 bits per heavy atom. The van der Waals surface area contributed by atoms with E-state index in [1.165, 1.54) is 16.7 Å². The van der Waals surface area contributed by atoms with Crippen molar-refractivity contribution in [2.24, 2.45) is 0 Å². The third-order valence-electron chi connectivity index (χ3n) is 3.65. The topological polar surface area (TPSA) is 21.3 Å². The van der Waals surface area contributed by atoms with E-state index in [0.717, 1.165) is 29.6 Å². The summed E-state index contributed by atoms with van der Waals surface area (Å²) in [6, 6.07) is 2.42. The van der Waals surface area contributed by atoms with Gasteiger partial charge < -0.3 is 10.1 Å². The normalized spacial score (nSPS) is 26.3. The molecule has 2 atom stereocenters. The van der Waals surface area contributed by atoms with Crippen LogP contribution in [-0.2, 0) is 12.2 Å². The number of fused-ring (bicyclic) bond motifs is 3. The molecule has 2 aliphatic heterocycles. The first-order chi connectivity index (χ1) is 8.22. The molecular formula is C13H16ClNOS. The maximum Gasteiger partial charge on any atom is 0.127 e. The maximum absolute atomic E-state index is 6.46. The molecule has 0 bridgehead atoms. The third kappa shape index (κ3) is 1.76. The van der Waals surface area contributed by atoms with Gasteiger partial charge in [-0.15, -0.1) is 0 Å². The van der Waals surface area contributed by atoms with E-state index < -0.39 is 0 Å². The molecule has 2 heterocycles. The van der Waals surface area contributed by atoms with Gasteiger partial charge in [0.2, 0.25) is 0 Å². The van der Waals surface area contributed by atoms with Crippen molar-refractivity contribution in [1.29, 1.82) is 0 Å². The molecule has 0 fully saturated rings. The van der Waals surface area contributed by atoms with E-state index >= 15 is 0 Å². The van der Waals surface area contributed by atoms with Gasteiger partial charge in [-0.05, 0) is 24.2 Å². The average molecular weight is 270 g/mol. The zero-order chi connectivity index (χ0) is 12.0. The van der Waals surface area contributed by atoms with Crippen molar-refractivity contribution in [2.45, 2.75) is 30.4 Å². The Hall–Kier alpha value is -0.380. The standard InChI is InChI=1S/C13H16ClNOS/c1-7-12(15-2)11-9(6-17-7)13-8(3-4-16-13)5-10(11)14/h5,7,12,15H,3-4,6H2,1-2H3. The van der Waals surface area contributed by atoms with Crippen molar-refractivity contribution in [3.8, 4) is 5.75 Å². The zero-order valence-corrected chi connectivity index (χ0v) is 11.6. The predicted octanol–water partition coefficient (Wildman–Crippen LogP) is 3.17.